The highest BCUT2D eigenvalue weighted by Gasteiger charge is 2.46. The molecule has 0 N–H and O–H groups in total. The second-order valence-corrected chi connectivity index (χ2v) is 7.04. The van der Waals surface area contributed by atoms with Gasteiger partial charge >= 0.3 is 0 Å². The fourth-order valence-corrected chi connectivity index (χ4v) is 3.65. The highest BCUT2D eigenvalue weighted by atomic mass is 79.9. The number of nitrogens with zero attached hydrogens (tertiary/aromatic N) is 1. The van der Waals surface area contributed by atoms with Gasteiger partial charge in [0.15, 0.2) is 0 Å². The lowest BCUT2D eigenvalue weighted by atomic mass is 9.59. The summed E-state index contributed by atoms with van der Waals surface area (Å²) in [6, 6.07) is 17.1. The predicted molar refractivity (Wildman–Crippen MR) is 90.2 cm³/mol. The van der Waals surface area contributed by atoms with Crippen molar-refractivity contribution in [3.8, 4) is 6.07 Å². The molecule has 2 nitrogen and oxygen atoms in total. The molecule has 23 heavy (non-hydrogen) atoms. The third kappa shape index (κ3) is 3.63. The van der Waals surface area contributed by atoms with E-state index in [0.29, 0.717) is 36.4 Å². The van der Waals surface area contributed by atoms with Gasteiger partial charge < -0.3 is 4.74 Å². The average Bonchev–Trinajstić information content (AvgIpc) is 2.50. The summed E-state index contributed by atoms with van der Waals surface area (Å²) < 4.78 is 20.0. The van der Waals surface area contributed by atoms with Gasteiger partial charge in [0.25, 0.3) is 0 Å². The van der Waals surface area contributed by atoms with Crippen molar-refractivity contribution in [3.05, 3.63) is 69.9 Å². The minimum absolute atomic E-state index is 0.312. The summed E-state index contributed by atoms with van der Waals surface area (Å²) in [6.45, 7) is 1.22. The lowest BCUT2D eigenvalue weighted by Gasteiger charge is -2.43. The molecule has 0 unspecified atom stereocenters. The summed E-state index contributed by atoms with van der Waals surface area (Å²) in [5, 5.41) is 9.56. The van der Waals surface area contributed by atoms with E-state index < -0.39 is 5.41 Å². The standard InChI is InChI=1S/C19H17BrFNO/c20-17-6-16(7-18(21)8-17)19(13-22)9-15(10-19)12-23-11-14-4-2-1-3-5-14/h1-8,15H,9-12H2. The largest absolute Gasteiger partial charge is 0.376 e. The van der Waals surface area contributed by atoms with Crippen molar-refractivity contribution in [1.29, 1.82) is 5.26 Å². The van der Waals surface area contributed by atoms with Crippen LogP contribution in [-0.4, -0.2) is 6.61 Å². The van der Waals surface area contributed by atoms with E-state index in [9.17, 15) is 9.65 Å². The molecule has 0 aromatic heterocycles. The third-order valence-electron chi connectivity index (χ3n) is 4.37. The van der Waals surface area contributed by atoms with E-state index in [-0.39, 0.29) is 5.82 Å². The number of benzene rings is 2. The molecule has 3 rings (SSSR count). The minimum atomic E-state index is -0.578. The smallest absolute Gasteiger partial charge is 0.124 e. The highest BCUT2D eigenvalue weighted by molar-refractivity contribution is 9.10. The summed E-state index contributed by atoms with van der Waals surface area (Å²) in [7, 11) is 0. The van der Waals surface area contributed by atoms with Gasteiger partial charge in [-0.05, 0) is 48.1 Å². The molecule has 0 atom stereocenters. The molecule has 0 aliphatic heterocycles. The first-order chi connectivity index (χ1) is 11.1. The van der Waals surface area contributed by atoms with Crippen LogP contribution in [0, 0.1) is 23.1 Å². The van der Waals surface area contributed by atoms with Crippen molar-refractivity contribution in [2.24, 2.45) is 5.92 Å². The molecule has 1 fully saturated rings. The molecule has 4 heteroatoms. The topological polar surface area (TPSA) is 33.0 Å². The fraction of sp³-hybridized carbons (Fsp3) is 0.316. The average molecular weight is 374 g/mol. The molecule has 0 radical (unpaired) electrons. The van der Waals surface area contributed by atoms with Crippen molar-refractivity contribution in [2.75, 3.05) is 6.61 Å². The van der Waals surface area contributed by atoms with Crippen molar-refractivity contribution in [1.82, 2.24) is 0 Å². The third-order valence-corrected chi connectivity index (χ3v) is 4.83. The Hall–Kier alpha value is -1.70. The van der Waals surface area contributed by atoms with E-state index in [0.717, 1.165) is 11.1 Å². The van der Waals surface area contributed by atoms with Gasteiger partial charge in [-0.1, -0.05) is 46.3 Å². The molecular weight excluding hydrogens is 357 g/mol. The van der Waals surface area contributed by atoms with Crippen LogP contribution in [0.5, 0.6) is 0 Å². The summed E-state index contributed by atoms with van der Waals surface area (Å²) >= 11 is 3.30. The molecular formula is C19H17BrFNO. The minimum Gasteiger partial charge on any atom is -0.376 e. The maximum absolute atomic E-state index is 13.6. The Morgan fingerprint density at radius 1 is 1.22 bits per heavy atom. The predicted octanol–water partition coefficient (Wildman–Crippen LogP) is 4.98. The van der Waals surface area contributed by atoms with Gasteiger partial charge in [-0.2, -0.15) is 5.26 Å². The van der Waals surface area contributed by atoms with Gasteiger partial charge in [0.1, 0.15) is 5.82 Å². The maximum Gasteiger partial charge on any atom is 0.124 e. The normalized spacial score (nSPS) is 23.1. The maximum atomic E-state index is 13.6. The summed E-state index contributed by atoms with van der Waals surface area (Å²) in [4.78, 5) is 0. The van der Waals surface area contributed by atoms with E-state index in [1.807, 2.05) is 36.4 Å². The number of halogens is 2. The Labute approximate surface area is 144 Å². The first kappa shape index (κ1) is 16.2. The molecule has 0 saturated heterocycles. The lowest BCUT2D eigenvalue weighted by Crippen LogP contribution is -2.42. The molecule has 0 spiro atoms. The summed E-state index contributed by atoms with van der Waals surface area (Å²) in [5.41, 5.74) is 1.32. The number of rotatable bonds is 5. The van der Waals surface area contributed by atoms with Crippen molar-refractivity contribution >= 4 is 15.9 Å². The fourth-order valence-electron chi connectivity index (χ4n) is 3.18. The van der Waals surface area contributed by atoms with Crippen molar-refractivity contribution in [2.45, 2.75) is 24.9 Å². The van der Waals surface area contributed by atoms with Crippen molar-refractivity contribution < 1.29 is 9.13 Å². The monoisotopic (exact) mass is 373 g/mol. The first-order valence-corrected chi connectivity index (χ1v) is 8.40. The second kappa shape index (κ2) is 6.82. The quantitative estimate of drug-likeness (QED) is 0.740. The number of hydrogen-bond donors (Lipinski definition) is 0. The summed E-state index contributed by atoms with van der Waals surface area (Å²) in [6.07, 6.45) is 1.43. The van der Waals surface area contributed by atoms with Crippen LogP contribution in [0.25, 0.3) is 0 Å². The zero-order chi connectivity index (χ0) is 16.3. The zero-order valence-corrected chi connectivity index (χ0v) is 14.2. The number of hydrogen-bond acceptors (Lipinski definition) is 2. The SMILES string of the molecule is N#CC1(c2cc(F)cc(Br)c2)CC(COCc2ccccc2)C1. The zero-order valence-electron chi connectivity index (χ0n) is 12.6. The van der Waals surface area contributed by atoms with E-state index in [1.54, 1.807) is 0 Å². The van der Waals surface area contributed by atoms with Gasteiger partial charge in [-0.25, -0.2) is 4.39 Å². The number of ether oxygens (including phenoxy) is 1. The molecule has 0 bridgehead atoms. The lowest BCUT2D eigenvalue weighted by molar-refractivity contribution is 0.0355. The van der Waals surface area contributed by atoms with Gasteiger partial charge in [0.2, 0.25) is 0 Å². The van der Waals surface area contributed by atoms with Crippen LogP contribution in [-0.2, 0) is 16.8 Å². The van der Waals surface area contributed by atoms with Crippen LogP contribution >= 0.6 is 15.9 Å². The Morgan fingerprint density at radius 2 is 1.96 bits per heavy atom. The second-order valence-electron chi connectivity index (χ2n) is 6.13. The van der Waals surface area contributed by atoms with E-state index >= 15 is 0 Å². The van der Waals surface area contributed by atoms with E-state index in [1.165, 1.54) is 12.1 Å². The molecule has 2 aromatic carbocycles. The molecule has 2 aromatic rings. The van der Waals surface area contributed by atoms with Gasteiger partial charge in [0, 0.05) is 11.1 Å². The Bertz CT molecular complexity index is 700. The van der Waals surface area contributed by atoms with E-state index in [2.05, 4.69) is 22.0 Å². The Balaban J connectivity index is 1.56. The summed E-state index contributed by atoms with van der Waals surface area (Å²) in [5.74, 6) is 0.0354. The molecule has 118 valence electrons. The van der Waals surface area contributed by atoms with Crippen LogP contribution in [0.1, 0.15) is 24.0 Å². The molecule has 0 amide bonds. The Morgan fingerprint density at radius 3 is 2.61 bits per heavy atom. The van der Waals surface area contributed by atoms with Gasteiger partial charge in [0.05, 0.1) is 18.1 Å². The van der Waals surface area contributed by atoms with E-state index in [4.69, 9.17) is 4.74 Å². The Kier molecular flexibility index (Phi) is 4.79. The van der Waals surface area contributed by atoms with Crippen LogP contribution in [0.4, 0.5) is 4.39 Å². The molecule has 0 heterocycles. The van der Waals surface area contributed by atoms with Crippen LogP contribution < -0.4 is 0 Å². The number of nitriles is 1. The molecule has 1 aliphatic rings. The van der Waals surface area contributed by atoms with Gasteiger partial charge in [-0.3, -0.25) is 0 Å². The first-order valence-electron chi connectivity index (χ1n) is 7.61. The van der Waals surface area contributed by atoms with Crippen LogP contribution in [0.3, 0.4) is 0 Å². The highest BCUT2D eigenvalue weighted by Crippen LogP contribution is 2.48. The molecule has 1 saturated carbocycles. The van der Waals surface area contributed by atoms with Crippen LogP contribution in [0.15, 0.2) is 53.0 Å². The van der Waals surface area contributed by atoms with Crippen LogP contribution in [0.2, 0.25) is 0 Å². The van der Waals surface area contributed by atoms with Gasteiger partial charge in [-0.15, -0.1) is 0 Å². The molecule has 1 aliphatic carbocycles. The van der Waals surface area contributed by atoms with Crippen molar-refractivity contribution in [3.63, 3.8) is 0 Å².